The second kappa shape index (κ2) is 10.0. The van der Waals surface area contributed by atoms with Gasteiger partial charge in [-0.05, 0) is 68.0 Å². The van der Waals surface area contributed by atoms with Gasteiger partial charge < -0.3 is 15.4 Å². The molecule has 0 aromatic heterocycles. The van der Waals surface area contributed by atoms with Crippen LogP contribution in [0, 0.1) is 26.6 Å². The topological polar surface area (TPSA) is 90.1 Å². The molecular formula is C23H28FNO4. The third kappa shape index (κ3) is 5.34. The number of hydrogen-bond acceptors (Lipinski definition) is 4. The second-order valence-corrected chi connectivity index (χ2v) is 7.39. The lowest BCUT2D eigenvalue weighted by atomic mass is 9.80. The zero-order chi connectivity index (χ0) is 21.6. The third-order valence-electron chi connectivity index (χ3n) is 5.58. The minimum absolute atomic E-state index is 0.131. The average molecular weight is 401 g/mol. The van der Waals surface area contributed by atoms with Crippen molar-refractivity contribution in [3.63, 3.8) is 0 Å². The van der Waals surface area contributed by atoms with Crippen LogP contribution in [-0.2, 0) is 4.79 Å². The molecule has 1 unspecified atom stereocenters. The molecule has 2 aromatic rings. The van der Waals surface area contributed by atoms with Gasteiger partial charge in [0.2, 0.25) is 0 Å². The van der Waals surface area contributed by atoms with E-state index in [1.165, 1.54) is 18.3 Å². The molecule has 0 fully saturated rings. The summed E-state index contributed by atoms with van der Waals surface area (Å²) in [5, 5.41) is 32.0. The third-order valence-corrected chi connectivity index (χ3v) is 5.58. The number of halogens is 1. The molecule has 156 valence electrons. The number of unbranched alkanes of at least 4 members (excludes halogenated alkanes) is 2. The molecule has 0 aliphatic rings. The van der Waals surface area contributed by atoms with Crippen LogP contribution in [0.5, 0.6) is 5.75 Å². The normalized spacial score (nSPS) is 12.4. The maximum absolute atomic E-state index is 13.5. The number of carbonyl (C=O) groups is 1. The maximum atomic E-state index is 13.5. The number of hydrogen-bond donors (Lipinski definition) is 3. The molecule has 2 rings (SSSR count). The van der Waals surface area contributed by atoms with Crippen LogP contribution in [-0.4, -0.2) is 27.6 Å². The van der Waals surface area contributed by atoms with Crippen molar-refractivity contribution >= 4 is 12.2 Å². The highest BCUT2D eigenvalue weighted by Gasteiger charge is 2.24. The molecule has 0 radical (unpaired) electrons. The van der Waals surface area contributed by atoms with Gasteiger partial charge in [-0.2, -0.15) is 0 Å². The van der Waals surface area contributed by atoms with E-state index in [1.807, 2.05) is 20.8 Å². The molecule has 0 saturated heterocycles. The first-order chi connectivity index (χ1) is 13.8. The average Bonchev–Trinajstić information content (AvgIpc) is 2.68. The summed E-state index contributed by atoms with van der Waals surface area (Å²) < 4.78 is 13.5. The number of carboxylic acids is 1. The maximum Gasteiger partial charge on any atom is 0.303 e. The van der Waals surface area contributed by atoms with Crippen LogP contribution in [0.25, 0.3) is 0 Å². The Kier molecular flexibility index (Phi) is 7.76. The van der Waals surface area contributed by atoms with E-state index in [4.69, 9.17) is 10.3 Å². The lowest BCUT2D eigenvalue weighted by Gasteiger charge is -2.25. The fraction of sp³-hybridized carbons (Fsp3) is 0.391. The van der Waals surface area contributed by atoms with Gasteiger partial charge in [0.1, 0.15) is 11.6 Å². The molecule has 1 atom stereocenters. The molecule has 0 saturated carbocycles. The van der Waals surface area contributed by atoms with Gasteiger partial charge in [0.05, 0.1) is 6.21 Å². The van der Waals surface area contributed by atoms with Crippen molar-refractivity contribution in [1.29, 1.82) is 0 Å². The van der Waals surface area contributed by atoms with Gasteiger partial charge in [0.25, 0.3) is 0 Å². The zero-order valence-electron chi connectivity index (χ0n) is 17.1. The first-order valence-electron chi connectivity index (χ1n) is 9.75. The van der Waals surface area contributed by atoms with Gasteiger partial charge in [0, 0.05) is 23.5 Å². The Morgan fingerprint density at radius 1 is 1.07 bits per heavy atom. The summed E-state index contributed by atoms with van der Waals surface area (Å²) in [5.74, 6) is -1.14. The van der Waals surface area contributed by atoms with Crippen LogP contribution < -0.4 is 0 Å². The SMILES string of the molecule is Cc1c(C)c(/C=N/O)c(C)c(C(CCCCCC(=O)O)c2ccc(F)cc2)c1O. The first-order valence-corrected chi connectivity index (χ1v) is 9.75. The van der Waals surface area contributed by atoms with E-state index >= 15 is 0 Å². The predicted octanol–water partition coefficient (Wildman–Crippen LogP) is 5.43. The van der Waals surface area contributed by atoms with E-state index < -0.39 is 5.97 Å². The van der Waals surface area contributed by atoms with Crippen molar-refractivity contribution in [1.82, 2.24) is 0 Å². The van der Waals surface area contributed by atoms with Gasteiger partial charge >= 0.3 is 5.97 Å². The summed E-state index contributed by atoms with van der Waals surface area (Å²) in [6.45, 7) is 5.55. The summed E-state index contributed by atoms with van der Waals surface area (Å²) in [6, 6.07) is 6.23. The van der Waals surface area contributed by atoms with Crippen LogP contribution in [0.3, 0.4) is 0 Å². The molecule has 0 amide bonds. The molecule has 0 bridgehead atoms. The molecule has 6 heteroatoms. The molecule has 0 aliphatic carbocycles. The fourth-order valence-corrected chi connectivity index (χ4v) is 3.84. The van der Waals surface area contributed by atoms with Crippen LogP contribution in [0.4, 0.5) is 4.39 Å². The smallest absolute Gasteiger partial charge is 0.303 e. The number of phenolic OH excluding ortho intramolecular Hbond substituents is 1. The molecule has 3 N–H and O–H groups in total. The highest BCUT2D eigenvalue weighted by Crippen LogP contribution is 2.41. The Hall–Kier alpha value is -2.89. The minimum Gasteiger partial charge on any atom is -0.507 e. The number of aliphatic carboxylic acids is 1. The summed E-state index contributed by atoms with van der Waals surface area (Å²) in [4.78, 5) is 10.7. The van der Waals surface area contributed by atoms with E-state index in [1.54, 1.807) is 12.1 Å². The van der Waals surface area contributed by atoms with Gasteiger partial charge in [-0.1, -0.05) is 30.1 Å². The standard InChI is InChI=1S/C23H28FNO4/c1-14-15(2)23(28)22(16(3)20(14)13-25-29)19(7-5-4-6-8-21(26)27)17-9-11-18(24)12-10-17/h9-13,19,28-29H,4-8H2,1-3H3,(H,26,27)/b25-13+. The second-order valence-electron chi connectivity index (χ2n) is 7.39. The molecular weight excluding hydrogens is 373 g/mol. The number of benzene rings is 2. The Bertz CT molecular complexity index is 891. The number of rotatable bonds is 9. The number of carboxylic acid groups (broad SMARTS) is 1. The predicted molar refractivity (Wildman–Crippen MR) is 111 cm³/mol. The van der Waals surface area contributed by atoms with Crippen molar-refractivity contribution in [3.05, 3.63) is 63.5 Å². The van der Waals surface area contributed by atoms with Crippen molar-refractivity contribution < 1.29 is 24.6 Å². The quantitative estimate of drug-likeness (QED) is 0.226. The fourth-order valence-electron chi connectivity index (χ4n) is 3.84. The Morgan fingerprint density at radius 3 is 2.31 bits per heavy atom. The highest BCUT2D eigenvalue weighted by molar-refractivity contribution is 5.86. The molecule has 0 spiro atoms. The van der Waals surface area contributed by atoms with E-state index in [2.05, 4.69) is 5.16 Å². The molecule has 0 aliphatic heterocycles. The van der Waals surface area contributed by atoms with E-state index in [-0.39, 0.29) is 23.9 Å². The zero-order valence-corrected chi connectivity index (χ0v) is 17.1. The van der Waals surface area contributed by atoms with Gasteiger partial charge in [0.15, 0.2) is 0 Å². The summed E-state index contributed by atoms with van der Waals surface area (Å²) in [5.41, 5.74) is 4.70. The van der Waals surface area contributed by atoms with E-state index in [0.29, 0.717) is 18.4 Å². The minimum atomic E-state index is -0.810. The molecule has 2 aromatic carbocycles. The van der Waals surface area contributed by atoms with Crippen LogP contribution >= 0.6 is 0 Å². The van der Waals surface area contributed by atoms with Crippen molar-refractivity contribution in [2.75, 3.05) is 0 Å². The monoisotopic (exact) mass is 401 g/mol. The first kappa shape index (κ1) is 22.4. The van der Waals surface area contributed by atoms with E-state index in [9.17, 15) is 14.3 Å². The molecule has 29 heavy (non-hydrogen) atoms. The summed E-state index contributed by atoms with van der Waals surface area (Å²) >= 11 is 0. The molecule has 5 nitrogen and oxygen atoms in total. The Balaban J connectivity index is 2.47. The van der Waals surface area contributed by atoms with Crippen LogP contribution in [0.1, 0.15) is 71.4 Å². The summed E-state index contributed by atoms with van der Waals surface area (Å²) in [7, 11) is 0. The Morgan fingerprint density at radius 2 is 1.72 bits per heavy atom. The van der Waals surface area contributed by atoms with Gasteiger partial charge in [-0.25, -0.2) is 4.39 Å². The van der Waals surface area contributed by atoms with Crippen LogP contribution in [0.2, 0.25) is 0 Å². The van der Waals surface area contributed by atoms with Gasteiger partial charge in [-0.15, -0.1) is 0 Å². The largest absolute Gasteiger partial charge is 0.507 e. The number of nitrogens with zero attached hydrogens (tertiary/aromatic N) is 1. The van der Waals surface area contributed by atoms with Crippen molar-refractivity contribution in [3.8, 4) is 5.75 Å². The lowest BCUT2D eigenvalue weighted by Crippen LogP contribution is -2.09. The Labute approximate surface area is 170 Å². The van der Waals surface area contributed by atoms with Crippen molar-refractivity contribution in [2.45, 2.75) is 58.8 Å². The number of phenols is 1. The number of oxime groups is 1. The van der Waals surface area contributed by atoms with Gasteiger partial charge in [-0.3, -0.25) is 4.79 Å². The highest BCUT2D eigenvalue weighted by atomic mass is 19.1. The summed E-state index contributed by atoms with van der Waals surface area (Å²) in [6.07, 6.45) is 4.29. The van der Waals surface area contributed by atoms with Crippen LogP contribution in [0.15, 0.2) is 29.4 Å². The molecule has 0 heterocycles. The number of aromatic hydroxyl groups is 1. The lowest BCUT2D eigenvalue weighted by molar-refractivity contribution is -0.137. The van der Waals surface area contributed by atoms with Crippen molar-refractivity contribution in [2.24, 2.45) is 5.16 Å². The van der Waals surface area contributed by atoms with E-state index in [0.717, 1.165) is 40.7 Å².